The molecule has 3 aliphatic rings. The number of ether oxygens (including phenoxy) is 6. The van der Waals surface area contributed by atoms with Gasteiger partial charge in [0.1, 0.15) is 23.9 Å². The summed E-state index contributed by atoms with van der Waals surface area (Å²) < 4.78 is 37.9. The smallest absolute Gasteiger partial charge is 0.311 e. The van der Waals surface area contributed by atoms with Crippen molar-refractivity contribution in [3.05, 3.63) is 0 Å². The molecule has 3 fully saturated rings. The van der Waals surface area contributed by atoms with Crippen LogP contribution in [0.1, 0.15) is 128 Å². The van der Waals surface area contributed by atoms with E-state index in [4.69, 9.17) is 34.8 Å². The Hall–Kier alpha value is -1.37. The van der Waals surface area contributed by atoms with Gasteiger partial charge in [0.05, 0.1) is 47.6 Å². The summed E-state index contributed by atoms with van der Waals surface area (Å²) in [7, 11) is 1.51. The summed E-state index contributed by atoms with van der Waals surface area (Å²) in [4.78, 5) is 14.3. The normalized spacial score (nSPS) is 48.9. The third-order valence-corrected chi connectivity index (χ3v) is 13.5. The van der Waals surface area contributed by atoms with E-state index in [0.29, 0.717) is 19.3 Å². The van der Waals surface area contributed by atoms with Crippen molar-refractivity contribution in [1.82, 2.24) is 0 Å². The van der Waals surface area contributed by atoms with Gasteiger partial charge in [0.25, 0.3) is 0 Å². The van der Waals surface area contributed by atoms with Crippen LogP contribution in [0.15, 0.2) is 0 Å². The van der Waals surface area contributed by atoms with Crippen molar-refractivity contribution < 1.29 is 58.7 Å². The average Bonchev–Trinajstić information content (AvgIpc) is 3.11. The lowest BCUT2D eigenvalue weighted by molar-refractivity contribution is -0.320. The zero-order chi connectivity index (χ0) is 41.8. The fourth-order valence-electron chi connectivity index (χ4n) is 9.70. The maximum Gasteiger partial charge on any atom is 0.311 e. The minimum absolute atomic E-state index is 0.0799. The SMILES string of the molecule is C#CCCC(C)C1CC(C)OC(OC2C(C)C(OC3CC(C)(OC)C(O)C(C)O3)C(C)C(=O)OC(CC)C(C)(O)C(O)C(C)C(C)CC(C)CC2(C)O)C1O. The van der Waals surface area contributed by atoms with Gasteiger partial charge in [0.2, 0.25) is 0 Å². The van der Waals surface area contributed by atoms with E-state index >= 15 is 0 Å². The highest BCUT2D eigenvalue weighted by Gasteiger charge is 2.53. The monoisotopic (exact) mass is 785 g/mol. The number of esters is 1. The van der Waals surface area contributed by atoms with Crippen LogP contribution in [0.5, 0.6) is 0 Å². The van der Waals surface area contributed by atoms with Gasteiger partial charge < -0.3 is 54.0 Å². The zero-order valence-electron chi connectivity index (χ0n) is 35.9. The molecule has 3 aliphatic heterocycles. The molecule has 12 heteroatoms. The molecule has 0 saturated carbocycles. The fraction of sp³-hybridized carbons (Fsp3) is 0.930. The number of cyclic esters (lactones) is 1. The zero-order valence-corrected chi connectivity index (χ0v) is 35.9. The van der Waals surface area contributed by atoms with Gasteiger partial charge in [-0.15, -0.1) is 12.3 Å². The Balaban J connectivity index is 2.17. The molecule has 0 aromatic heterocycles. The summed E-state index contributed by atoms with van der Waals surface area (Å²) in [5.41, 5.74) is -4.34. The molecule has 55 heavy (non-hydrogen) atoms. The highest BCUT2D eigenvalue weighted by Crippen LogP contribution is 2.42. The minimum Gasteiger partial charge on any atom is -0.459 e. The highest BCUT2D eigenvalue weighted by molar-refractivity contribution is 5.73. The number of hydrogen-bond donors (Lipinski definition) is 5. The molecule has 3 heterocycles. The molecule has 12 nitrogen and oxygen atoms in total. The number of aliphatic hydroxyl groups excluding tert-OH is 3. The van der Waals surface area contributed by atoms with Crippen molar-refractivity contribution in [3.63, 3.8) is 0 Å². The van der Waals surface area contributed by atoms with Crippen molar-refractivity contribution in [2.45, 2.75) is 206 Å². The van der Waals surface area contributed by atoms with Crippen LogP contribution in [0.25, 0.3) is 0 Å². The topological polar surface area (TPSA) is 174 Å². The maximum atomic E-state index is 14.3. The highest BCUT2D eigenvalue weighted by atomic mass is 16.7. The van der Waals surface area contributed by atoms with E-state index < -0.39 is 89.9 Å². The third kappa shape index (κ3) is 11.2. The maximum absolute atomic E-state index is 14.3. The number of rotatable bonds is 9. The number of methoxy groups -OCH3 is 1. The molecule has 0 aromatic rings. The van der Waals surface area contributed by atoms with E-state index in [1.807, 2.05) is 34.6 Å². The van der Waals surface area contributed by atoms with E-state index in [-0.39, 0.29) is 55.0 Å². The van der Waals surface area contributed by atoms with E-state index in [2.05, 4.69) is 12.8 Å². The molecule has 5 N–H and O–H groups in total. The van der Waals surface area contributed by atoms with Gasteiger partial charge in [0, 0.05) is 25.9 Å². The molecule has 0 aliphatic carbocycles. The molecule has 3 rings (SSSR count). The van der Waals surface area contributed by atoms with Gasteiger partial charge in [-0.2, -0.15) is 0 Å². The van der Waals surface area contributed by atoms with E-state index in [9.17, 15) is 30.3 Å². The number of hydrogen-bond acceptors (Lipinski definition) is 12. The largest absolute Gasteiger partial charge is 0.459 e. The van der Waals surface area contributed by atoms with Crippen LogP contribution in [0.4, 0.5) is 0 Å². The van der Waals surface area contributed by atoms with Crippen molar-refractivity contribution in [3.8, 4) is 12.3 Å². The van der Waals surface area contributed by atoms with Crippen molar-refractivity contribution in [2.24, 2.45) is 41.4 Å². The first kappa shape index (κ1) is 48.0. The van der Waals surface area contributed by atoms with Gasteiger partial charge >= 0.3 is 5.97 Å². The molecule has 0 spiro atoms. The van der Waals surface area contributed by atoms with Crippen molar-refractivity contribution in [2.75, 3.05) is 7.11 Å². The second-order valence-corrected chi connectivity index (χ2v) is 18.4. The fourth-order valence-corrected chi connectivity index (χ4v) is 9.70. The predicted molar refractivity (Wildman–Crippen MR) is 208 cm³/mol. The van der Waals surface area contributed by atoms with Crippen LogP contribution < -0.4 is 0 Å². The molecule has 0 radical (unpaired) electrons. The number of aliphatic hydroxyl groups is 5. The molecular formula is C43H76O12. The minimum atomic E-state index is -1.77. The van der Waals surface area contributed by atoms with E-state index in [0.717, 1.165) is 6.42 Å². The van der Waals surface area contributed by atoms with E-state index in [1.54, 1.807) is 34.6 Å². The standard InChI is InChI=1S/C43H76O12/c1-15-17-18-24(4)31-20-26(6)51-40(34(31)44)55-38-28(8)35(54-33-22-42(12,50-14)37(46)30(10)52-33)29(9)39(47)53-32(16-2)43(13,49)36(45)27(7)25(5)19-23(3)21-41(38,11)48/h1,23-38,40,44-46,48-49H,16-22H2,2-14H3. The quantitative estimate of drug-likeness (QED) is 0.157. The summed E-state index contributed by atoms with van der Waals surface area (Å²) in [6.07, 6.45) is -0.527. The Bertz CT molecular complexity index is 1250. The average molecular weight is 785 g/mol. The number of carbonyl (C=O) groups is 1. The first-order chi connectivity index (χ1) is 25.4. The predicted octanol–water partition coefficient (Wildman–Crippen LogP) is 4.98. The Morgan fingerprint density at radius 3 is 2.15 bits per heavy atom. The van der Waals surface area contributed by atoms with Gasteiger partial charge in [-0.1, -0.05) is 41.5 Å². The van der Waals surface area contributed by atoms with Gasteiger partial charge in [-0.3, -0.25) is 4.79 Å². The van der Waals surface area contributed by atoms with Gasteiger partial charge in [-0.25, -0.2) is 0 Å². The molecule has 0 bridgehead atoms. The third-order valence-electron chi connectivity index (χ3n) is 13.5. The van der Waals surface area contributed by atoms with Crippen LogP contribution in [0, 0.1) is 53.8 Å². The van der Waals surface area contributed by atoms with Crippen LogP contribution in [-0.2, 0) is 33.2 Å². The summed E-state index contributed by atoms with van der Waals surface area (Å²) in [6, 6.07) is 0. The Kier molecular flexibility index (Phi) is 17.1. The lowest BCUT2D eigenvalue weighted by atomic mass is 9.73. The van der Waals surface area contributed by atoms with Gasteiger partial charge in [0.15, 0.2) is 12.6 Å². The summed E-state index contributed by atoms with van der Waals surface area (Å²) in [5, 5.41) is 58.8. The summed E-state index contributed by atoms with van der Waals surface area (Å²) >= 11 is 0. The van der Waals surface area contributed by atoms with Crippen LogP contribution in [-0.4, -0.2) is 117 Å². The van der Waals surface area contributed by atoms with Crippen molar-refractivity contribution in [1.29, 1.82) is 0 Å². The lowest BCUT2D eigenvalue weighted by Gasteiger charge is -2.48. The Morgan fingerprint density at radius 1 is 0.927 bits per heavy atom. The molecule has 320 valence electrons. The lowest BCUT2D eigenvalue weighted by Crippen LogP contribution is -2.59. The molecule has 20 unspecified atom stereocenters. The van der Waals surface area contributed by atoms with E-state index in [1.165, 1.54) is 14.0 Å². The summed E-state index contributed by atoms with van der Waals surface area (Å²) in [6.45, 7) is 21.9. The van der Waals surface area contributed by atoms with Crippen LogP contribution in [0.3, 0.4) is 0 Å². The second-order valence-electron chi connectivity index (χ2n) is 18.4. The van der Waals surface area contributed by atoms with Gasteiger partial charge in [-0.05, 0) is 103 Å². The first-order valence-electron chi connectivity index (χ1n) is 20.7. The van der Waals surface area contributed by atoms with Crippen LogP contribution >= 0.6 is 0 Å². The number of terminal acetylenes is 1. The molecule has 0 aromatic carbocycles. The molecule has 20 atom stereocenters. The number of carbonyl (C=O) groups excluding carboxylic acids is 1. The Morgan fingerprint density at radius 2 is 1.56 bits per heavy atom. The van der Waals surface area contributed by atoms with Crippen molar-refractivity contribution >= 4 is 5.97 Å². The summed E-state index contributed by atoms with van der Waals surface area (Å²) in [5.74, 6) is -0.369. The molecule has 0 amide bonds. The second kappa shape index (κ2) is 19.6. The Labute approximate surface area is 331 Å². The molecular weight excluding hydrogens is 708 g/mol. The van der Waals surface area contributed by atoms with Crippen LogP contribution in [0.2, 0.25) is 0 Å². The molecule has 3 saturated heterocycles. The first-order valence-corrected chi connectivity index (χ1v) is 20.7.